The number of halogens is 1. The number of ether oxygens (including phenoxy) is 1. The van der Waals surface area contributed by atoms with E-state index in [4.69, 9.17) is 16.3 Å². The normalized spacial score (nSPS) is 22.8. The lowest BCUT2D eigenvalue weighted by Gasteiger charge is -2.41. The second-order valence-corrected chi connectivity index (χ2v) is 8.34. The smallest absolute Gasteiger partial charge is 0.224 e. The number of nitrogens with zero attached hydrogens (tertiary/aromatic N) is 6. The van der Waals surface area contributed by atoms with Gasteiger partial charge in [-0.15, -0.1) is 10.2 Å². The predicted octanol–water partition coefficient (Wildman–Crippen LogP) is 4.43. The first kappa shape index (κ1) is 19.5. The summed E-state index contributed by atoms with van der Waals surface area (Å²) in [6.07, 6.45) is 5.95. The van der Waals surface area contributed by atoms with E-state index < -0.39 is 0 Å². The third-order valence-corrected chi connectivity index (χ3v) is 6.34. The van der Waals surface area contributed by atoms with E-state index in [2.05, 4.69) is 48.7 Å². The zero-order valence-electron chi connectivity index (χ0n) is 17.2. The van der Waals surface area contributed by atoms with E-state index in [0.29, 0.717) is 12.6 Å². The van der Waals surface area contributed by atoms with Crippen molar-refractivity contribution in [3.05, 3.63) is 59.0 Å². The second kappa shape index (κ2) is 7.96. The summed E-state index contributed by atoms with van der Waals surface area (Å²) in [5.74, 6) is 2.65. The molecule has 0 saturated heterocycles. The van der Waals surface area contributed by atoms with Crippen molar-refractivity contribution in [3.63, 3.8) is 0 Å². The first-order valence-electron chi connectivity index (χ1n) is 10.5. The topological polar surface area (TPSA) is 69.0 Å². The van der Waals surface area contributed by atoms with E-state index >= 15 is 0 Å². The van der Waals surface area contributed by atoms with Crippen LogP contribution in [-0.2, 0) is 11.3 Å². The molecule has 2 aliphatic rings. The summed E-state index contributed by atoms with van der Waals surface area (Å²) >= 11 is 6.21. The van der Waals surface area contributed by atoms with Gasteiger partial charge in [0.25, 0.3) is 0 Å². The largest absolute Gasteiger partial charge is 0.373 e. The van der Waals surface area contributed by atoms with Crippen molar-refractivity contribution in [1.82, 2.24) is 24.7 Å². The molecule has 0 amide bonds. The standard InChI is InChI=1S/C22H25ClN6O/c1-3-18-21-27-26-14(2)28(21)19-12-24-22(23)25-20(19)29(18)16-9-10-17(11-16)30-13-15-7-5-4-6-8-15/h4-8,12,16-18H,3,9-11,13H2,1-2H3/t16?,17?,18-/m1/s1. The molecule has 2 aromatic heterocycles. The molecule has 0 bridgehead atoms. The van der Waals surface area contributed by atoms with Gasteiger partial charge >= 0.3 is 0 Å². The molecule has 7 nitrogen and oxygen atoms in total. The molecular formula is C22H25ClN6O. The summed E-state index contributed by atoms with van der Waals surface area (Å²) in [6.45, 7) is 4.78. The molecule has 8 heteroatoms. The van der Waals surface area contributed by atoms with Crippen LogP contribution in [0.5, 0.6) is 0 Å². The van der Waals surface area contributed by atoms with E-state index in [-0.39, 0.29) is 17.4 Å². The first-order chi connectivity index (χ1) is 14.7. The molecular weight excluding hydrogens is 400 g/mol. The molecule has 2 unspecified atom stereocenters. The summed E-state index contributed by atoms with van der Waals surface area (Å²) < 4.78 is 8.31. The van der Waals surface area contributed by atoms with Crippen LogP contribution in [0.15, 0.2) is 36.5 Å². The Balaban J connectivity index is 1.42. The van der Waals surface area contributed by atoms with Crippen LogP contribution >= 0.6 is 11.6 Å². The van der Waals surface area contributed by atoms with E-state index in [1.165, 1.54) is 5.56 Å². The highest BCUT2D eigenvalue weighted by atomic mass is 35.5. The molecule has 3 aromatic rings. The Hall–Kier alpha value is -2.51. The van der Waals surface area contributed by atoms with Crippen molar-refractivity contribution in [3.8, 4) is 5.69 Å². The molecule has 5 rings (SSSR count). The van der Waals surface area contributed by atoms with Gasteiger partial charge in [-0.05, 0) is 49.8 Å². The third-order valence-electron chi connectivity index (χ3n) is 6.16. The van der Waals surface area contributed by atoms with Gasteiger partial charge in [0, 0.05) is 6.04 Å². The molecule has 0 spiro atoms. The second-order valence-electron chi connectivity index (χ2n) is 8.01. The van der Waals surface area contributed by atoms with Crippen molar-refractivity contribution in [2.45, 2.75) is 64.3 Å². The zero-order valence-corrected chi connectivity index (χ0v) is 18.0. The molecule has 1 aliphatic carbocycles. The maximum absolute atomic E-state index is 6.25. The van der Waals surface area contributed by atoms with Gasteiger partial charge in [-0.2, -0.15) is 4.98 Å². The van der Waals surface area contributed by atoms with Crippen LogP contribution in [0.1, 0.15) is 55.9 Å². The number of hydrogen-bond acceptors (Lipinski definition) is 6. The fraction of sp³-hybridized carbons (Fsp3) is 0.455. The third kappa shape index (κ3) is 3.36. The Morgan fingerprint density at radius 2 is 2.00 bits per heavy atom. The van der Waals surface area contributed by atoms with Crippen LogP contribution in [0.25, 0.3) is 5.69 Å². The number of aryl methyl sites for hydroxylation is 1. The van der Waals surface area contributed by atoms with Gasteiger partial charge in [0.1, 0.15) is 11.5 Å². The average Bonchev–Trinajstić information content (AvgIpc) is 3.39. The number of aromatic nitrogens is 5. The van der Waals surface area contributed by atoms with Gasteiger partial charge < -0.3 is 9.64 Å². The monoisotopic (exact) mass is 424 g/mol. The molecule has 1 aromatic carbocycles. The van der Waals surface area contributed by atoms with E-state index in [0.717, 1.165) is 48.8 Å². The minimum absolute atomic E-state index is 0.0996. The average molecular weight is 425 g/mol. The van der Waals surface area contributed by atoms with Crippen molar-refractivity contribution >= 4 is 17.4 Å². The van der Waals surface area contributed by atoms with Gasteiger partial charge in [0.05, 0.1) is 24.9 Å². The zero-order chi connectivity index (χ0) is 20.7. The summed E-state index contributed by atoms with van der Waals surface area (Å²) in [5.41, 5.74) is 2.11. The van der Waals surface area contributed by atoms with Crippen LogP contribution in [0.3, 0.4) is 0 Å². The summed E-state index contributed by atoms with van der Waals surface area (Å²) in [4.78, 5) is 11.3. The van der Waals surface area contributed by atoms with E-state index in [9.17, 15) is 0 Å². The Bertz CT molecular complexity index is 1040. The molecule has 156 valence electrons. The van der Waals surface area contributed by atoms with Crippen molar-refractivity contribution in [2.75, 3.05) is 4.90 Å². The quantitative estimate of drug-likeness (QED) is 0.564. The number of anilines is 1. The van der Waals surface area contributed by atoms with Crippen LogP contribution in [0.4, 0.5) is 5.82 Å². The fourth-order valence-electron chi connectivity index (χ4n) is 4.77. The van der Waals surface area contributed by atoms with Gasteiger partial charge in [0.15, 0.2) is 11.6 Å². The lowest BCUT2D eigenvalue weighted by molar-refractivity contribution is 0.0444. The predicted molar refractivity (Wildman–Crippen MR) is 115 cm³/mol. The molecule has 3 atom stereocenters. The molecule has 1 aliphatic heterocycles. The Labute approximate surface area is 181 Å². The van der Waals surface area contributed by atoms with Crippen LogP contribution < -0.4 is 4.90 Å². The van der Waals surface area contributed by atoms with Gasteiger partial charge in [-0.3, -0.25) is 4.57 Å². The van der Waals surface area contributed by atoms with E-state index in [1.807, 2.05) is 25.1 Å². The van der Waals surface area contributed by atoms with Crippen LogP contribution in [0, 0.1) is 6.92 Å². The molecule has 1 saturated carbocycles. The van der Waals surface area contributed by atoms with Crippen LogP contribution in [0.2, 0.25) is 5.28 Å². The molecule has 30 heavy (non-hydrogen) atoms. The Morgan fingerprint density at radius 1 is 1.17 bits per heavy atom. The highest BCUT2D eigenvalue weighted by Gasteiger charge is 2.41. The fourth-order valence-corrected chi connectivity index (χ4v) is 4.90. The number of fused-ring (bicyclic) bond motifs is 3. The van der Waals surface area contributed by atoms with Crippen molar-refractivity contribution in [2.24, 2.45) is 0 Å². The Kier molecular flexibility index (Phi) is 5.16. The summed E-state index contributed by atoms with van der Waals surface area (Å²) in [7, 11) is 0. The highest BCUT2D eigenvalue weighted by Crippen LogP contribution is 2.43. The summed E-state index contributed by atoms with van der Waals surface area (Å²) in [6, 6.07) is 10.8. The maximum atomic E-state index is 6.25. The molecule has 0 radical (unpaired) electrons. The Morgan fingerprint density at radius 3 is 2.80 bits per heavy atom. The minimum Gasteiger partial charge on any atom is -0.373 e. The van der Waals surface area contributed by atoms with Gasteiger partial charge in [-0.25, -0.2) is 4.98 Å². The first-order valence-corrected chi connectivity index (χ1v) is 10.9. The maximum Gasteiger partial charge on any atom is 0.224 e. The van der Waals surface area contributed by atoms with Gasteiger partial charge in [0.2, 0.25) is 5.28 Å². The van der Waals surface area contributed by atoms with E-state index in [1.54, 1.807) is 6.20 Å². The SMILES string of the molecule is CC[C@@H]1c2nnc(C)n2-c2cnc(Cl)nc2N1C1CCC(OCc2ccccc2)C1. The number of rotatable bonds is 5. The van der Waals surface area contributed by atoms with Gasteiger partial charge in [-0.1, -0.05) is 37.3 Å². The van der Waals surface area contributed by atoms with Crippen molar-refractivity contribution in [1.29, 1.82) is 0 Å². The number of hydrogen-bond donors (Lipinski definition) is 0. The summed E-state index contributed by atoms with van der Waals surface area (Å²) in [5, 5.41) is 9.09. The number of benzene rings is 1. The highest BCUT2D eigenvalue weighted by molar-refractivity contribution is 6.28. The lowest BCUT2D eigenvalue weighted by atomic mass is 10.0. The van der Waals surface area contributed by atoms with Crippen LogP contribution in [-0.4, -0.2) is 36.9 Å². The van der Waals surface area contributed by atoms with Crippen molar-refractivity contribution < 1.29 is 4.74 Å². The molecule has 1 fully saturated rings. The molecule has 0 N–H and O–H groups in total. The lowest BCUT2D eigenvalue weighted by Crippen LogP contribution is -2.42. The molecule has 3 heterocycles. The minimum atomic E-state index is 0.0996.